The van der Waals surface area contributed by atoms with Crippen LogP contribution in [0.15, 0.2) is 85.2 Å². The Labute approximate surface area is 181 Å². The van der Waals surface area contributed by atoms with Crippen molar-refractivity contribution < 1.29 is 4.40 Å². The highest BCUT2D eigenvalue weighted by Crippen LogP contribution is 2.36. The molecule has 2 aromatic heterocycles. The number of hydrogen-bond donors (Lipinski definition) is 0. The maximum atomic E-state index is 2.27. The van der Waals surface area contributed by atoms with Crippen molar-refractivity contribution in [2.45, 2.75) is 52.4 Å². The van der Waals surface area contributed by atoms with E-state index >= 15 is 0 Å². The molecule has 2 aromatic carbocycles. The summed E-state index contributed by atoms with van der Waals surface area (Å²) in [5.41, 5.74) is 9.30. The van der Waals surface area contributed by atoms with Crippen molar-refractivity contribution in [3.8, 4) is 22.3 Å². The van der Waals surface area contributed by atoms with Crippen molar-refractivity contribution in [2.75, 3.05) is 0 Å². The topological polar surface area (TPSA) is 4.10 Å². The van der Waals surface area contributed by atoms with Gasteiger partial charge in [-0.2, -0.15) is 4.40 Å². The first-order chi connectivity index (χ1) is 14.1. The number of rotatable bonds is 2. The maximum absolute atomic E-state index is 2.27. The summed E-state index contributed by atoms with van der Waals surface area (Å²) in [6.07, 6.45) is 4.28. The summed E-state index contributed by atoms with van der Waals surface area (Å²) in [6, 6.07) is 26.8. The van der Waals surface area contributed by atoms with Gasteiger partial charge < -0.3 is 0 Å². The van der Waals surface area contributed by atoms with E-state index in [0.717, 1.165) is 0 Å². The molecule has 0 unspecified atom stereocenters. The van der Waals surface area contributed by atoms with Crippen LogP contribution in [0.1, 0.15) is 52.7 Å². The normalized spacial score (nSPS) is 12.3. The van der Waals surface area contributed by atoms with E-state index in [1.807, 2.05) is 0 Å². The molecular weight excluding hydrogens is 362 g/mol. The predicted octanol–water partition coefficient (Wildman–Crippen LogP) is 7.35. The highest BCUT2D eigenvalue weighted by Gasteiger charge is 2.20. The lowest BCUT2D eigenvalue weighted by Crippen LogP contribution is -2.21. The summed E-state index contributed by atoms with van der Waals surface area (Å²) in [5.74, 6) is 0. The molecule has 0 aliphatic carbocycles. The van der Waals surface area contributed by atoms with Crippen LogP contribution >= 0.6 is 0 Å². The average Bonchev–Trinajstić information content (AvgIpc) is 2.72. The van der Waals surface area contributed by atoms with Crippen molar-refractivity contribution in [3.63, 3.8) is 0 Å². The second-order valence-electron chi connectivity index (χ2n) is 10.3. The van der Waals surface area contributed by atoms with Gasteiger partial charge in [-0.25, -0.2) is 0 Å². The molecule has 2 heterocycles. The molecule has 0 atom stereocenters. The third-order valence-electron chi connectivity index (χ3n) is 5.92. The van der Waals surface area contributed by atoms with Crippen LogP contribution < -0.4 is 4.40 Å². The minimum atomic E-state index is 0.150. The number of benzene rings is 2. The van der Waals surface area contributed by atoms with Crippen molar-refractivity contribution in [1.29, 1.82) is 0 Å². The summed E-state index contributed by atoms with van der Waals surface area (Å²) in [6.45, 7) is 13.6. The molecule has 0 radical (unpaired) electrons. The highest BCUT2D eigenvalue weighted by atomic mass is 14.8. The van der Waals surface area contributed by atoms with Gasteiger partial charge in [-0.15, -0.1) is 0 Å². The predicted molar refractivity (Wildman–Crippen MR) is 128 cm³/mol. The molecular formula is C29H32N+. The largest absolute Gasteiger partial charge is 0.219 e. The van der Waals surface area contributed by atoms with E-state index in [4.69, 9.17) is 0 Å². The Morgan fingerprint density at radius 3 is 1.60 bits per heavy atom. The Kier molecular flexibility index (Phi) is 5.02. The average molecular weight is 395 g/mol. The van der Waals surface area contributed by atoms with Crippen molar-refractivity contribution in [1.82, 2.24) is 0 Å². The third kappa shape index (κ3) is 3.89. The minimum Gasteiger partial charge on any atom is -0.167 e. The van der Waals surface area contributed by atoms with E-state index in [1.165, 1.54) is 38.9 Å². The summed E-state index contributed by atoms with van der Waals surface area (Å²) < 4.78 is 2.21. The summed E-state index contributed by atoms with van der Waals surface area (Å²) in [7, 11) is 0. The molecule has 0 saturated carbocycles. The van der Waals surface area contributed by atoms with E-state index in [2.05, 4.69) is 131 Å². The number of aromatic nitrogens is 1. The zero-order chi connectivity index (χ0) is 21.5. The van der Waals surface area contributed by atoms with Crippen molar-refractivity contribution in [3.05, 3.63) is 96.3 Å². The zero-order valence-corrected chi connectivity index (χ0v) is 19.0. The number of nitrogens with zero attached hydrogens (tertiary/aromatic N) is 1. The van der Waals surface area contributed by atoms with E-state index in [0.29, 0.717) is 0 Å². The minimum absolute atomic E-state index is 0.150. The van der Waals surface area contributed by atoms with Crippen molar-refractivity contribution >= 4 is 5.52 Å². The van der Waals surface area contributed by atoms with Gasteiger partial charge in [0.2, 0.25) is 5.52 Å². The van der Waals surface area contributed by atoms with Gasteiger partial charge in [-0.3, -0.25) is 0 Å². The lowest BCUT2D eigenvalue weighted by Gasteiger charge is -2.20. The molecule has 0 fully saturated rings. The third-order valence-corrected chi connectivity index (χ3v) is 5.92. The fraction of sp³-hybridized carbons (Fsp3) is 0.276. The highest BCUT2D eigenvalue weighted by molar-refractivity contribution is 5.91. The molecule has 0 aliphatic heterocycles. The Balaban J connectivity index is 1.91. The number of fused-ring (bicyclic) bond motifs is 1. The fourth-order valence-corrected chi connectivity index (χ4v) is 4.00. The van der Waals surface area contributed by atoms with Gasteiger partial charge in [0, 0.05) is 23.8 Å². The molecule has 4 rings (SSSR count). The molecule has 30 heavy (non-hydrogen) atoms. The Hall–Kier alpha value is -2.93. The van der Waals surface area contributed by atoms with Crippen LogP contribution in [0.2, 0.25) is 0 Å². The molecule has 0 N–H and O–H groups in total. The molecule has 4 aromatic rings. The van der Waals surface area contributed by atoms with Gasteiger partial charge >= 0.3 is 0 Å². The van der Waals surface area contributed by atoms with Gasteiger partial charge in [0.15, 0.2) is 12.4 Å². The first-order valence-electron chi connectivity index (χ1n) is 10.8. The van der Waals surface area contributed by atoms with Gasteiger partial charge in [-0.1, -0.05) is 90.1 Å². The van der Waals surface area contributed by atoms with E-state index in [9.17, 15) is 0 Å². The fourth-order valence-electron chi connectivity index (χ4n) is 4.00. The lowest BCUT2D eigenvalue weighted by atomic mass is 9.84. The van der Waals surface area contributed by atoms with Crippen LogP contribution in [-0.4, -0.2) is 0 Å². The van der Waals surface area contributed by atoms with E-state index in [1.54, 1.807) is 0 Å². The van der Waals surface area contributed by atoms with Gasteiger partial charge in [-0.05, 0) is 39.2 Å². The molecule has 0 amide bonds. The smallest absolute Gasteiger partial charge is 0.167 e. The summed E-state index contributed by atoms with van der Waals surface area (Å²) in [5, 5.41) is 0. The van der Waals surface area contributed by atoms with Crippen LogP contribution in [0.3, 0.4) is 0 Å². The van der Waals surface area contributed by atoms with Crippen LogP contribution in [0, 0.1) is 0 Å². The monoisotopic (exact) mass is 394 g/mol. The van der Waals surface area contributed by atoms with Gasteiger partial charge in [0.05, 0.1) is 5.56 Å². The zero-order valence-electron chi connectivity index (χ0n) is 19.0. The van der Waals surface area contributed by atoms with Crippen LogP contribution in [-0.2, 0) is 10.8 Å². The van der Waals surface area contributed by atoms with Crippen molar-refractivity contribution in [2.24, 2.45) is 0 Å². The second-order valence-corrected chi connectivity index (χ2v) is 10.3. The van der Waals surface area contributed by atoms with Crippen LogP contribution in [0.25, 0.3) is 27.8 Å². The molecule has 1 nitrogen and oxygen atoms in total. The van der Waals surface area contributed by atoms with E-state index in [-0.39, 0.29) is 10.8 Å². The van der Waals surface area contributed by atoms with Gasteiger partial charge in [0.25, 0.3) is 0 Å². The quantitative estimate of drug-likeness (QED) is 0.313. The summed E-state index contributed by atoms with van der Waals surface area (Å²) in [4.78, 5) is 0. The molecule has 152 valence electrons. The van der Waals surface area contributed by atoms with E-state index < -0.39 is 0 Å². The SMILES string of the molecule is CC(C)(C)c1ccc(-c2cc[n+]3ccccc3c2-c2ccc(C(C)(C)C)cc2)cc1. The van der Waals surface area contributed by atoms with Crippen LogP contribution in [0.5, 0.6) is 0 Å². The standard InChI is InChI=1S/C29H32N/c1-28(2,3)23-14-10-21(11-15-23)25-18-20-30-19-8-7-9-26(30)27(25)22-12-16-24(17-13-22)29(4,5)6/h7-20H,1-6H3/q+1. The summed E-state index contributed by atoms with van der Waals surface area (Å²) >= 11 is 0. The maximum Gasteiger partial charge on any atom is 0.219 e. The first-order valence-corrected chi connectivity index (χ1v) is 10.8. The molecule has 0 saturated heterocycles. The Morgan fingerprint density at radius 2 is 1.07 bits per heavy atom. The first kappa shape index (κ1) is 20.3. The number of pyridine rings is 2. The van der Waals surface area contributed by atoms with Gasteiger partial charge in [0.1, 0.15) is 0 Å². The molecule has 1 heteroatoms. The van der Waals surface area contributed by atoms with Crippen LogP contribution in [0.4, 0.5) is 0 Å². The molecule has 0 bridgehead atoms. The number of hydrogen-bond acceptors (Lipinski definition) is 0. The Bertz CT molecular complexity index is 1170. The Morgan fingerprint density at radius 1 is 0.533 bits per heavy atom. The second kappa shape index (κ2) is 7.40. The molecule has 0 spiro atoms. The molecule has 0 aliphatic rings. The lowest BCUT2D eigenvalue weighted by molar-refractivity contribution is -0.511.